The van der Waals surface area contributed by atoms with Crippen LogP contribution in [0.5, 0.6) is 11.5 Å². The van der Waals surface area contributed by atoms with E-state index in [1.165, 1.54) is 11.8 Å². The number of ketones is 1. The van der Waals surface area contributed by atoms with Crippen molar-refractivity contribution in [1.29, 1.82) is 0 Å². The van der Waals surface area contributed by atoms with E-state index < -0.39 is 0 Å². The normalized spacial score (nSPS) is 14.5. The summed E-state index contributed by atoms with van der Waals surface area (Å²) in [5.74, 6) is 2.79. The molecule has 8 nitrogen and oxygen atoms in total. The molecule has 35 heavy (non-hydrogen) atoms. The maximum atomic E-state index is 13.2. The molecule has 0 bridgehead atoms. The second kappa shape index (κ2) is 8.88. The summed E-state index contributed by atoms with van der Waals surface area (Å²) >= 11 is 1.46. The first-order valence-corrected chi connectivity index (χ1v) is 12.6. The van der Waals surface area contributed by atoms with Crippen molar-refractivity contribution < 1.29 is 14.3 Å². The maximum Gasteiger partial charge on any atom is 0.231 e. The lowest BCUT2D eigenvalue weighted by Gasteiger charge is -2.11. The molecule has 1 fully saturated rings. The highest BCUT2D eigenvalue weighted by Gasteiger charge is 2.30. The number of benzene rings is 1. The Morgan fingerprint density at radius 3 is 2.66 bits per heavy atom. The van der Waals surface area contributed by atoms with Gasteiger partial charge in [-0.15, -0.1) is 10.2 Å². The van der Waals surface area contributed by atoms with Crippen molar-refractivity contribution in [2.45, 2.75) is 44.4 Å². The van der Waals surface area contributed by atoms with Gasteiger partial charge in [0.1, 0.15) is 0 Å². The molecular weight excluding hydrogens is 462 g/mol. The largest absolute Gasteiger partial charge is 0.454 e. The number of hydrogen-bond acceptors (Lipinski definition) is 7. The number of aromatic nitrogens is 5. The molecule has 1 saturated carbocycles. The molecule has 1 aliphatic carbocycles. The summed E-state index contributed by atoms with van der Waals surface area (Å²) in [4.78, 5) is 17.3. The van der Waals surface area contributed by atoms with Gasteiger partial charge in [-0.05, 0) is 62.6 Å². The van der Waals surface area contributed by atoms with E-state index in [-0.39, 0.29) is 12.6 Å². The van der Waals surface area contributed by atoms with Crippen LogP contribution in [0, 0.1) is 13.8 Å². The molecule has 4 heterocycles. The van der Waals surface area contributed by atoms with E-state index in [4.69, 9.17) is 9.47 Å². The number of fused-ring (bicyclic) bond motifs is 1. The number of pyridine rings is 1. The van der Waals surface area contributed by atoms with Gasteiger partial charge in [0, 0.05) is 47.5 Å². The quantitative estimate of drug-likeness (QED) is 0.260. The van der Waals surface area contributed by atoms with Crippen LogP contribution >= 0.6 is 11.8 Å². The van der Waals surface area contributed by atoms with E-state index in [2.05, 4.69) is 24.3 Å². The molecule has 1 aromatic carbocycles. The lowest BCUT2D eigenvalue weighted by atomic mass is 10.1. The zero-order valence-corrected chi connectivity index (χ0v) is 20.4. The van der Waals surface area contributed by atoms with Crippen molar-refractivity contribution in [3.63, 3.8) is 0 Å². The Kier molecular flexibility index (Phi) is 5.56. The van der Waals surface area contributed by atoms with Crippen molar-refractivity contribution in [2.75, 3.05) is 12.5 Å². The van der Waals surface area contributed by atoms with Gasteiger partial charge in [0.15, 0.2) is 28.3 Å². The maximum absolute atomic E-state index is 13.2. The van der Waals surface area contributed by atoms with Crippen LogP contribution in [-0.4, -0.2) is 42.6 Å². The van der Waals surface area contributed by atoms with Crippen molar-refractivity contribution in [1.82, 2.24) is 24.3 Å². The number of Topliss-reactive ketones (excluding diaryl/α,β-unsaturated/α-hetero) is 1. The summed E-state index contributed by atoms with van der Waals surface area (Å²) in [5.41, 5.74) is 4.86. The molecule has 0 atom stereocenters. The molecule has 0 N–H and O–H groups in total. The summed E-state index contributed by atoms with van der Waals surface area (Å²) < 4.78 is 15.3. The minimum Gasteiger partial charge on any atom is -0.454 e. The van der Waals surface area contributed by atoms with Crippen LogP contribution in [0.25, 0.3) is 11.4 Å². The average molecular weight is 488 g/mol. The first kappa shape index (κ1) is 21.9. The molecule has 9 heteroatoms. The van der Waals surface area contributed by atoms with Gasteiger partial charge in [0.25, 0.3) is 0 Å². The number of carbonyl (C=O) groups excluding carboxylic acids is 1. The van der Waals surface area contributed by atoms with Crippen LogP contribution in [0.2, 0.25) is 0 Å². The minimum atomic E-state index is 0.0934. The fraction of sp³-hybridized carbons (Fsp3) is 0.308. The van der Waals surface area contributed by atoms with Gasteiger partial charge in [-0.2, -0.15) is 0 Å². The Balaban J connectivity index is 1.19. The highest BCUT2D eigenvalue weighted by atomic mass is 32.2. The van der Waals surface area contributed by atoms with Crippen LogP contribution in [-0.2, 0) is 6.54 Å². The third-order valence-corrected chi connectivity index (χ3v) is 7.44. The fourth-order valence-corrected chi connectivity index (χ4v) is 5.38. The lowest BCUT2D eigenvalue weighted by Crippen LogP contribution is -2.08. The van der Waals surface area contributed by atoms with Gasteiger partial charge in [-0.1, -0.05) is 17.8 Å². The Morgan fingerprint density at radius 1 is 1.06 bits per heavy atom. The molecule has 4 aromatic rings. The van der Waals surface area contributed by atoms with E-state index in [0.29, 0.717) is 18.3 Å². The van der Waals surface area contributed by atoms with Crippen LogP contribution in [0.1, 0.15) is 46.2 Å². The van der Waals surface area contributed by atoms with Crippen LogP contribution in [0.3, 0.4) is 0 Å². The van der Waals surface area contributed by atoms with Crippen molar-refractivity contribution >= 4 is 17.5 Å². The highest BCUT2D eigenvalue weighted by molar-refractivity contribution is 7.99. The van der Waals surface area contributed by atoms with E-state index >= 15 is 0 Å². The number of nitrogens with zero attached hydrogens (tertiary/aromatic N) is 5. The SMILES string of the molecule is Cc1cc(C(=O)CSc2nnc(-c3ccncc3)n2C2CC2)c(C)n1Cc1ccc2c(c1)OCO2. The molecule has 178 valence electrons. The van der Waals surface area contributed by atoms with E-state index in [1.807, 2.05) is 50.2 Å². The summed E-state index contributed by atoms with van der Waals surface area (Å²) in [6.45, 7) is 4.97. The first-order valence-electron chi connectivity index (χ1n) is 11.6. The summed E-state index contributed by atoms with van der Waals surface area (Å²) in [7, 11) is 0. The first-order chi connectivity index (χ1) is 17.1. The van der Waals surface area contributed by atoms with Crippen LogP contribution < -0.4 is 9.47 Å². The van der Waals surface area contributed by atoms with Crippen LogP contribution in [0.4, 0.5) is 0 Å². The summed E-state index contributed by atoms with van der Waals surface area (Å²) in [5, 5.41) is 9.65. The van der Waals surface area contributed by atoms with Gasteiger partial charge in [-0.3, -0.25) is 14.3 Å². The molecule has 0 amide bonds. The molecule has 0 radical (unpaired) electrons. The zero-order chi connectivity index (χ0) is 23.9. The van der Waals surface area contributed by atoms with E-state index in [1.54, 1.807) is 12.4 Å². The number of thioether (sulfide) groups is 1. The Hall–Kier alpha value is -3.59. The van der Waals surface area contributed by atoms with Crippen molar-refractivity contribution in [3.05, 3.63) is 71.3 Å². The molecular formula is C26H25N5O3S. The predicted molar refractivity (Wildman–Crippen MR) is 132 cm³/mol. The van der Waals surface area contributed by atoms with Crippen molar-refractivity contribution in [3.8, 4) is 22.9 Å². The van der Waals surface area contributed by atoms with Gasteiger partial charge in [-0.25, -0.2) is 0 Å². The average Bonchev–Trinajstić information content (AvgIpc) is 3.33. The lowest BCUT2D eigenvalue weighted by molar-refractivity contribution is 0.102. The second-order valence-electron chi connectivity index (χ2n) is 8.91. The third kappa shape index (κ3) is 4.20. The smallest absolute Gasteiger partial charge is 0.231 e. The number of rotatable bonds is 8. The monoisotopic (exact) mass is 487 g/mol. The Bertz CT molecular complexity index is 1410. The summed E-state index contributed by atoms with van der Waals surface area (Å²) in [6.07, 6.45) is 5.74. The predicted octanol–water partition coefficient (Wildman–Crippen LogP) is 4.85. The topological polar surface area (TPSA) is 84.1 Å². The van der Waals surface area contributed by atoms with E-state index in [9.17, 15) is 4.79 Å². The Labute approximate surface area is 207 Å². The second-order valence-corrected chi connectivity index (χ2v) is 9.86. The number of carbonyl (C=O) groups is 1. The minimum absolute atomic E-state index is 0.0934. The molecule has 0 spiro atoms. The van der Waals surface area contributed by atoms with Gasteiger partial charge in [0.2, 0.25) is 6.79 Å². The van der Waals surface area contributed by atoms with Crippen LogP contribution in [0.15, 0.2) is 53.9 Å². The Morgan fingerprint density at radius 2 is 1.86 bits per heavy atom. The van der Waals surface area contributed by atoms with Gasteiger partial charge < -0.3 is 14.0 Å². The molecule has 0 saturated heterocycles. The zero-order valence-electron chi connectivity index (χ0n) is 19.6. The number of ether oxygens (including phenoxy) is 2. The standard InChI is InChI=1S/C26H25N5O3S/c1-16-11-21(17(2)30(16)13-18-3-6-23-24(12-18)34-15-33-23)22(32)14-35-26-29-28-25(31(26)20-4-5-20)19-7-9-27-10-8-19/h3,6-12,20H,4-5,13-15H2,1-2H3. The third-order valence-electron chi connectivity index (χ3n) is 6.50. The van der Waals surface area contributed by atoms with Gasteiger partial charge in [0.05, 0.1) is 5.75 Å². The fourth-order valence-electron chi connectivity index (χ4n) is 4.49. The van der Waals surface area contributed by atoms with Crippen molar-refractivity contribution in [2.24, 2.45) is 0 Å². The number of hydrogen-bond donors (Lipinski definition) is 0. The molecule has 6 rings (SSSR count). The molecule has 1 aliphatic heterocycles. The summed E-state index contributed by atoms with van der Waals surface area (Å²) in [6, 6.07) is 12.2. The number of aryl methyl sites for hydroxylation is 1. The molecule has 3 aromatic heterocycles. The van der Waals surface area contributed by atoms with Gasteiger partial charge >= 0.3 is 0 Å². The van der Waals surface area contributed by atoms with E-state index in [0.717, 1.165) is 63.4 Å². The molecule has 0 unspecified atom stereocenters. The molecule has 2 aliphatic rings. The highest BCUT2D eigenvalue weighted by Crippen LogP contribution is 2.41.